The Morgan fingerprint density at radius 1 is 0.284 bits per heavy atom. The quantitative estimate of drug-likeness (QED) is 0.0602. The molecule has 10 nitrogen and oxygen atoms in total. The van der Waals surface area contributed by atoms with Crippen LogP contribution >= 0.6 is 0 Å². The molecule has 0 radical (unpaired) electrons. The maximum absolute atomic E-state index is 15.0. The molecule has 13 rings (SSSR count). The molecule has 356 valence electrons. The molecule has 0 spiro atoms. The molecule has 4 amide bonds. The van der Waals surface area contributed by atoms with Crippen molar-refractivity contribution >= 4 is 78.1 Å². The highest BCUT2D eigenvalue weighted by atomic mass is 16.5. The number of carbonyl (C=O) groups is 4. The normalized spacial score (nSPS) is 13.1. The van der Waals surface area contributed by atoms with E-state index in [2.05, 4.69) is 0 Å². The first-order valence-corrected chi connectivity index (χ1v) is 24.3. The van der Waals surface area contributed by atoms with Crippen LogP contribution in [-0.4, -0.2) is 23.6 Å². The number of ether oxygens (including phenoxy) is 4. The number of hydrogen-bond donors (Lipinski definition) is 0. The van der Waals surface area contributed by atoms with Crippen LogP contribution in [0, 0.1) is 0 Å². The van der Waals surface area contributed by atoms with Crippen molar-refractivity contribution in [1.29, 1.82) is 0 Å². The van der Waals surface area contributed by atoms with Gasteiger partial charge in [-0.15, -0.1) is 0 Å². The van der Waals surface area contributed by atoms with Gasteiger partial charge in [-0.1, -0.05) is 146 Å². The first kappa shape index (κ1) is 44.2. The van der Waals surface area contributed by atoms with E-state index >= 15 is 19.2 Å². The van der Waals surface area contributed by atoms with Crippen molar-refractivity contribution in [3.05, 3.63) is 251 Å². The Bertz CT molecular complexity index is 3670. The summed E-state index contributed by atoms with van der Waals surface area (Å²) in [4.78, 5) is 62.5. The van der Waals surface area contributed by atoms with Gasteiger partial charge < -0.3 is 18.9 Å². The first-order valence-electron chi connectivity index (χ1n) is 24.3. The molecule has 0 N–H and O–H groups in total. The lowest BCUT2D eigenvalue weighted by atomic mass is 9.82. The molecular weight excluding hydrogens is 925 g/mol. The van der Waals surface area contributed by atoms with Crippen molar-refractivity contribution in [3.63, 3.8) is 0 Å². The van der Waals surface area contributed by atoms with Crippen LogP contribution in [0.4, 0.5) is 11.4 Å². The van der Waals surface area contributed by atoms with Crippen molar-refractivity contribution in [2.24, 2.45) is 0 Å². The van der Waals surface area contributed by atoms with Gasteiger partial charge in [0.05, 0.1) is 11.4 Å². The molecule has 2 aliphatic heterocycles. The van der Waals surface area contributed by atoms with Crippen LogP contribution in [0.1, 0.15) is 63.7 Å². The number of nitrogens with zero attached hydrogens (tertiary/aromatic N) is 2. The van der Waals surface area contributed by atoms with Gasteiger partial charge in [0.2, 0.25) is 0 Å². The predicted molar refractivity (Wildman–Crippen MR) is 286 cm³/mol. The van der Waals surface area contributed by atoms with E-state index in [-0.39, 0.29) is 37.8 Å². The fourth-order valence-electron chi connectivity index (χ4n) is 10.4. The molecule has 11 aromatic rings. The van der Waals surface area contributed by atoms with Crippen LogP contribution in [0.15, 0.2) is 206 Å². The van der Waals surface area contributed by atoms with E-state index in [1.54, 1.807) is 60.7 Å². The molecule has 2 heterocycles. The summed E-state index contributed by atoms with van der Waals surface area (Å²) in [5, 5.41) is 5.63. The maximum atomic E-state index is 15.0. The van der Waals surface area contributed by atoms with E-state index in [1.807, 2.05) is 146 Å². The third kappa shape index (κ3) is 7.50. The summed E-state index contributed by atoms with van der Waals surface area (Å²) < 4.78 is 25.2. The summed E-state index contributed by atoms with van der Waals surface area (Å²) in [7, 11) is 0. The zero-order valence-electron chi connectivity index (χ0n) is 39.6. The van der Waals surface area contributed by atoms with Crippen molar-refractivity contribution in [3.8, 4) is 23.0 Å². The molecule has 74 heavy (non-hydrogen) atoms. The monoisotopic (exact) mass is 966 g/mol. The summed E-state index contributed by atoms with van der Waals surface area (Å²) >= 11 is 0. The summed E-state index contributed by atoms with van der Waals surface area (Å²) in [6.45, 7) is 0.973. The van der Waals surface area contributed by atoms with Gasteiger partial charge >= 0.3 is 0 Å². The number of fused-ring (bicyclic) bond motifs is 2. The van der Waals surface area contributed by atoms with Gasteiger partial charge in [-0.2, -0.15) is 0 Å². The third-order valence-corrected chi connectivity index (χ3v) is 13.9. The highest BCUT2D eigenvalue weighted by Gasteiger charge is 2.40. The summed E-state index contributed by atoms with van der Waals surface area (Å²) in [5.41, 5.74) is 5.67. The zero-order chi connectivity index (χ0) is 49.9. The molecule has 11 aromatic carbocycles. The van der Waals surface area contributed by atoms with Gasteiger partial charge in [-0.3, -0.25) is 19.2 Å². The molecule has 0 aromatic heterocycles. The average Bonchev–Trinajstić information content (AvgIpc) is 3.47. The Hall–Kier alpha value is -9.80. The SMILES string of the molecule is O=C1c2ccc3c4ccc5c6c(ccc(c7ccc(c2c37)C(=O)N1c1cc(OCc2ccccc2)ccc1OCc1ccccc1)c64)C(=O)N(c1cc(OCc2ccccc2)ccc1OCc1ccccc1)C5=O. The Morgan fingerprint density at radius 3 is 0.865 bits per heavy atom. The molecule has 0 saturated carbocycles. The maximum Gasteiger partial charge on any atom is 0.266 e. The minimum absolute atomic E-state index is 0.207. The standard InChI is InChI=1S/C64H42N2O8/c67-61-49-27-23-45-47-25-29-51-60-52(64(70)66(63(51)69)54-34-44(72-36-40-15-7-2-8-16-40)22-32-56(54)74-38-42-19-11-4-12-20-42)30-26-48(58(47)60)46-24-28-50(59(49)57(45)46)62(68)65(61)53-33-43(71-35-39-13-5-1-6-14-39)21-31-55(53)73-37-41-17-9-3-10-18-41/h1-34H,35-38H2. The van der Waals surface area contributed by atoms with Gasteiger partial charge in [-0.25, -0.2) is 9.80 Å². The number of benzene rings is 11. The summed E-state index contributed by atoms with van der Waals surface area (Å²) in [6, 6.07) is 63.8. The van der Waals surface area contributed by atoms with Crippen molar-refractivity contribution < 1.29 is 38.1 Å². The van der Waals surface area contributed by atoms with Gasteiger partial charge in [0.15, 0.2) is 0 Å². The third-order valence-electron chi connectivity index (χ3n) is 13.9. The second-order valence-electron chi connectivity index (χ2n) is 18.4. The van der Waals surface area contributed by atoms with Gasteiger partial charge in [0, 0.05) is 45.2 Å². The number of rotatable bonds is 14. The van der Waals surface area contributed by atoms with E-state index in [0.29, 0.717) is 56.0 Å². The minimum Gasteiger partial charge on any atom is -0.489 e. The topological polar surface area (TPSA) is 112 Å². The molecular formula is C64H42N2O8. The highest BCUT2D eigenvalue weighted by Crippen LogP contribution is 2.49. The summed E-state index contributed by atoms with van der Waals surface area (Å²) in [6.07, 6.45) is 0. The molecule has 10 heteroatoms. The van der Waals surface area contributed by atoms with Crippen LogP contribution < -0.4 is 28.7 Å². The first-order chi connectivity index (χ1) is 36.4. The second-order valence-corrected chi connectivity index (χ2v) is 18.4. The Kier molecular flexibility index (Phi) is 10.8. The highest BCUT2D eigenvalue weighted by molar-refractivity contribution is 6.45. The van der Waals surface area contributed by atoms with E-state index in [1.165, 1.54) is 9.80 Å². The van der Waals surface area contributed by atoms with Crippen molar-refractivity contribution in [2.45, 2.75) is 26.4 Å². The lowest BCUT2D eigenvalue weighted by Crippen LogP contribution is -2.41. The lowest BCUT2D eigenvalue weighted by molar-refractivity contribution is 0.0876. The largest absolute Gasteiger partial charge is 0.489 e. The molecule has 0 aliphatic carbocycles. The van der Waals surface area contributed by atoms with E-state index in [0.717, 1.165) is 54.6 Å². The molecule has 0 unspecified atom stereocenters. The second kappa shape index (κ2) is 18.1. The van der Waals surface area contributed by atoms with Gasteiger partial charge in [0.25, 0.3) is 23.6 Å². The van der Waals surface area contributed by atoms with E-state index in [9.17, 15) is 0 Å². The lowest BCUT2D eigenvalue weighted by Gasteiger charge is -2.31. The van der Waals surface area contributed by atoms with Crippen LogP contribution in [0.5, 0.6) is 23.0 Å². The van der Waals surface area contributed by atoms with Gasteiger partial charge in [-0.05, 0) is 103 Å². The number of hydrogen-bond acceptors (Lipinski definition) is 8. The Morgan fingerprint density at radius 2 is 0.568 bits per heavy atom. The number of carbonyl (C=O) groups excluding carboxylic acids is 4. The fraction of sp³-hybridized carbons (Fsp3) is 0.0625. The van der Waals surface area contributed by atoms with E-state index < -0.39 is 23.6 Å². The number of amides is 4. The van der Waals surface area contributed by atoms with Crippen LogP contribution in [-0.2, 0) is 26.4 Å². The van der Waals surface area contributed by atoms with E-state index in [4.69, 9.17) is 18.9 Å². The van der Waals surface area contributed by atoms with Crippen molar-refractivity contribution in [2.75, 3.05) is 9.80 Å². The van der Waals surface area contributed by atoms with Crippen LogP contribution in [0.3, 0.4) is 0 Å². The molecule has 0 saturated heterocycles. The van der Waals surface area contributed by atoms with Gasteiger partial charge in [0.1, 0.15) is 49.4 Å². The number of anilines is 2. The Labute approximate surface area is 424 Å². The average molecular weight is 967 g/mol. The minimum atomic E-state index is -0.509. The summed E-state index contributed by atoms with van der Waals surface area (Å²) in [5.74, 6) is -0.435. The van der Waals surface area contributed by atoms with Crippen LogP contribution in [0.2, 0.25) is 0 Å². The Balaban J connectivity index is 0.889. The molecule has 2 aliphatic rings. The van der Waals surface area contributed by atoms with Crippen LogP contribution in [0.25, 0.3) is 43.1 Å². The molecule has 0 atom stereocenters. The smallest absolute Gasteiger partial charge is 0.266 e. The molecule has 0 fully saturated rings. The number of imide groups is 2. The zero-order valence-corrected chi connectivity index (χ0v) is 39.6. The predicted octanol–water partition coefficient (Wildman–Crippen LogP) is 13.7. The molecule has 0 bridgehead atoms. The fourth-order valence-corrected chi connectivity index (χ4v) is 10.4. The van der Waals surface area contributed by atoms with Crippen molar-refractivity contribution in [1.82, 2.24) is 0 Å².